The third kappa shape index (κ3) is 4.44. The Hall–Kier alpha value is -2.61. The van der Waals surface area contributed by atoms with Gasteiger partial charge in [-0.15, -0.1) is 0 Å². The molecule has 0 spiro atoms. The van der Waals surface area contributed by atoms with Gasteiger partial charge in [-0.2, -0.15) is 4.58 Å². The summed E-state index contributed by atoms with van der Waals surface area (Å²) in [6, 6.07) is 17.3. The summed E-state index contributed by atoms with van der Waals surface area (Å²) >= 11 is 0. The Morgan fingerprint density at radius 1 is 0.893 bits per heavy atom. The number of hydrogen-bond donors (Lipinski definition) is 0. The molecule has 2 aromatic carbocycles. The normalized spacial score (nSPS) is 16.2. The van der Waals surface area contributed by atoms with Crippen molar-refractivity contribution in [2.75, 3.05) is 19.0 Å². The molecule has 0 radical (unpaired) electrons. The fourth-order valence-electron chi connectivity index (χ4n) is 3.77. The van der Waals surface area contributed by atoms with Gasteiger partial charge in [0.15, 0.2) is 5.71 Å². The summed E-state index contributed by atoms with van der Waals surface area (Å²) in [6.07, 6.45) is 6.68. The van der Waals surface area contributed by atoms with Crippen LogP contribution in [-0.2, 0) is 12.8 Å². The van der Waals surface area contributed by atoms with Crippen LogP contribution < -0.4 is 4.90 Å². The second-order valence-corrected chi connectivity index (χ2v) is 6.74. The Labute approximate surface area is 171 Å². The lowest BCUT2D eigenvalue weighted by atomic mass is 10.1. The highest BCUT2D eigenvalue weighted by Gasteiger charge is 2.25. The van der Waals surface area contributed by atoms with Crippen molar-refractivity contribution in [3.8, 4) is 0 Å². The topological polar surface area (TPSA) is 6.25 Å². The summed E-state index contributed by atoms with van der Waals surface area (Å²) in [6.45, 7) is 10.2. The van der Waals surface area contributed by atoms with Crippen LogP contribution >= 0.6 is 0 Å². The number of anilines is 1. The fraction of sp³-hybridized carbons (Fsp3) is 0.346. The van der Waals surface area contributed by atoms with E-state index in [2.05, 4.69) is 91.2 Å². The van der Waals surface area contributed by atoms with E-state index in [4.69, 9.17) is 0 Å². The molecule has 2 heteroatoms. The van der Waals surface area contributed by atoms with E-state index < -0.39 is 0 Å². The van der Waals surface area contributed by atoms with Crippen LogP contribution in [0.1, 0.15) is 45.7 Å². The van der Waals surface area contributed by atoms with Gasteiger partial charge in [-0.3, -0.25) is 0 Å². The van der Waals surface area contributed by atoms with Crippen molar-refractivity contribution >= 4 is 17.1 Å². The van der Waals surface area contributed by atoms with Gasteiger partial charge in [0, 0.05) is 42.6 Å². The van der Waals surface area contributed by atoms with Crippen molar-refractivity contribution in [1.29, 1.82) is 0 Å². The summed E-state index contributed by atoms with van der Waals surface area (Å²) in [5.74, 6) is 0. The lowest BCUT2D eigenvalue weighted by Crippen LogP contribution is -2.11. The maximum atomic E-state index is 2.32. The van der Waals surface area contributed by atoms with Crippen LogP contribution in [0.25, 0.3) is 0 Å². The van der Waals surface area contributed by atoms with Crippen molar-refractivity contribution in [3.05, 3.63) is 83.1 Å². The summed E-state index contributed by atoms with van der Waals surface area (Å²) in [7, 11) is 4.32. The zero-order valence-corrected chi connectivity index (χ0v) is 18.6. The molecule has 0 bridgehead atoms. The third-order valence-corrected chi connectivity index (χ3v) is 5.10. The first-order chi connectivity index (χ1) is 13.6. The molecule has 28 heavy (non-hydrogen) atoms. The second-order valence-electron chi connectivity index (χ2n) is 6.74. The molecular formula is C26H35N2+. The van der Waals surface area contributed by atoms with Gasteiger partial charge in [0.25, 0.3) is 0 Å². The largest absolute Gasteiger partial charge is 0.348 e. The molecule has 0 saturated carbocycles. The lowest BCUT2D eigenvalue weighted by molar-refractivity contribution is -0.400. The molecule has 2 aliphatic heterocycles. The van der Waals surface area contributed by atoms with Gasteiger partial charge < -0.3 is 4.90 Å². The number of benzene rings is 2. The van der Waals surface area contributed by atoms with Crippen LogP contribution in [0.2, 0.25) is 0 Å². The molecule has 0 aliphatic carbocycles. The number of hydrogen-bond acceptors (Lipinski definition) is 1. The third-order valence-electron chi connectivity index (χ3n) is 5.10. The van der Waals surface area contributed by atoms with Gasteiger partial charge in [0.2, 0.25) is 5.69 Å². The molecule has 0 unspecified atom stereocenters. The minimum Gasteiger partial charge on any atom is -0.348 e. The maximum Gasteiger partial charge on any atom is 0.208 e. The van der Waals surface area contributed by atoms with E-state index in [1.54, 1.807) is 0 Å². The van der Waals surface area contributed by atoms with E-state index in [0.717, 1.165) is 12.8 Å². The Kier molecular flexibility index (Phi) is 7.80. The first-order valence-corrected chi connectivity index (χ1v) is 10.5. The Bertz CT molecular complexity index is 900. The van der Waals surface area contributed by atoms with Gasteiger partial charge in [-0.05, 0) is 30.2 Å². The van der Waals surface area contributed by atoms with Crippen molar-refractivity contribution in [1.82, 2.24) is 0 Å². The van der Waals surface area contributed by atoms with Gasteiger partial charge in [-0.1, -0.05) is 64.1 Å². The average Bonchev–Trinajstić information content (AvgIpc) is 3.22. The number of para-hydroxylation sites is 2. The molecule has 0 aromatic heterocycles. The van der Waals surface area contributed by atoms with Crippen molar-refractivity contribution < 1.29 is 4.58 Å². The van der Waals surface area contributed by atoms with Crippen LogP contribution in [-0.4, -0.2) is 24.4 Å². The SMILES string of the molecule is CC.CC.CC(=CC1=[N+](C)c2ccccc2C1)C=C1Cc2ccccc2N1C. The zero-order chi connectivity index (χ0) is 20.7. The van der Waals surface area contributed by atoms with E-state index in [1.165, 1.54) is 39.5 Å². The maximum absolute atomic E-state index is 2.32. The van der Waals surface area contributed by atoms with Crippen LogP contribution in [0.3, 0.4) is 0 Å². The number of rotatable bonds is 2. The van der Waals surface area contributed by atoms with Crippen LogP contribution in [0.15, 0.2) is 72.0 Å². The first kappa shape index (κ1) is 21.7. The van der Waals surface area contributed by atoms with Crippen molar-refractivity contribution in [2.24, 2.45) is 0 Å². The standard InChI is InChI=1S/C22H23N2.2C2H6/c1-16(12-19-14-17-8-4-6-10-21(17)23(19)2)13-20-15-18-9-5-7-11-22(18)24(20)3;2*1-2/h4-13H,14-15H2,1-3H3;2*1-2H3/q+1;;. The van der Waals surface area contributed by atoms with E-state index >= 15 is 0 Å². The molecule has 2 aliphatic rings. The minimum atomic E-state index is 1.02. The number of likely N-dealkylation sites (N-methyl/N-ethyl adjacent to an activating group) is 1. The number of nitrogens with zero attached hydrogens (tertiary/aromatic N) is 2. The number of fused-ring (bicyclic) bond motifs is 2. The molecule has 2 aromatic rings. The molecule has 148 valence electrons. The smallest absolute Gasteiger partial charge is 0.208 e. The average molecular weight is 376 g/mol. The van der Waals surface area contributed by atoms with E-state index in [1.807, 2.05) is 27.7 Å². The van der Waals surface area contributed by atoms with E-state index in [-0.39, 0.29) is 0 Å². The summed E-state index contributed by atoms with van der Waals surface area (Å²) in [5, 5.41) is 0. The van der Waals surface area contributed by atoms with Gasteiger partial charge in [-0.25, -0.2) is 0 Å². The molecule has 0 atom stereocenters. The molecule has 0 fully saturated rings. The fourth-order valence-corrected chi connectivity index (χ4v) is 3.77. The summed E-state index contributed by atoms with van der Waals surface area (Å²) < 4.78 is 2.31. The highest BCUT2D eigenvalue weighted by molar-refractivity contribution is 5.96. The Balaban J connectivity index is 0.000000660. The molecule has 0 saturated heterocycles. The van der Waals surface area contributed by atoms with E-state index in [9.17, 15) is 0 Å². The highest BCUT2D eigenvalue weighted by atomic mass is 15.1. The quantitative estimate of drug-likeness (QED) is 0.541. The molecular weight excluding hydrogens is 340 g/mol. The van der Waals surface area contributed by atoms with Gasteiger partial charge in [0.1, 0.15) is 7.05 Å². The van der Waals surface area contributed by atoms with Crippen LogP contribution in [0.5, 0.6) is 0 Å². The Morgan fingerprint density at radius 2 is 1.50 bits per heavy atom. The van der Waals surface area contributed by atoms with Gasteiger partial charge >= 0.3 is 0 Å². The predicted molar refractivity (Wildman–Crippen MR) is 124 cm³/mol. The summed E-state index contributed by atoms with van der Waals surface area (Å²) in [4.78, 5) is 2.31. The first-order valence-electron chi connectivity index (χ1n) is 10.5. The molecule has 0 N–H and O–H groups in total. The Morgan fingerprint density at radius 3 is 2.14 bits per heavy atom. The predicted octanol–water partition coefficient (Wildman–Crippen LogP) is 6.53. The van der Waals surface area contributed by atoms with Gasteiger partial charge in [0.05, 0.1) is 6.42 Å². The molecule has 2 heterocycles. The lowest BCUT2D eigenvalue weighted by Gasteiger charge is -2.14. The second kappa shape index (κ2) is 10.1. The number of allylic oxidation sites excluding steroid dienone is 4. The molecule has 4 rings (SSSR count). The van der Waals surface area contributed by atoms with Crippen molar-refractivity contribution in [3.63, 3.8) is 0 Å². The molecule has 2 nitrogen and oxygen atoms in total. The monoisotopic (exact) mass is 375 g/mol. The zero-order valence-electron chi connectivity index (χ0n) is 18.6. The molecule has 0 amide bonds. The summed E-state index contributed by atoms with van der Waals surface area (Å²) in [5.41, 5.74) is 9.52. The van der Waals surface area contributed by atoms with E-state index in [0.29, 0.717) is 0 Å². The van der Waals surface area contributed by atoms with Crippen LogP contribution in [0, 0.1) is 0 Å². The highest BCUT2D eigenvalue weighted by Crippen LogP contribution is 2.33. The van der Waals surface area contributed by atoms with Crippen molar-refractivity contribution in [2.45, 2.75) is 47.5 Å². The van der Waals surface area contributed by atoms with Crippen LogP contribution in [0.4, 0.5) is 11.4 Å². The minimum absolute atomic E-state index is 1.02.